The van der Waals surface area contributed by atoms with Crippen LogP contribution in [0.5, 0.6) is 0 Å². The molecule has 1 aliphatic rings. The summed E-state index contributed by atoms with van der Waals surface area (Å²) in [6.07, 6.45) is 1.85. The molecule has 0 aromatic carbocycles. The zero-order valence-corrected chi connectivity index (χ0v) is 11.2. The van der Waals surface area contributed by atoms with E-state index in [0.717, 1.165) is 18.5 Å². The van der Waals surface area contributed by atoms with Crippen molar-refractivity contribution >= 4 is 29.0 Å². The molecule has 2 N–H and O–H groups in total. The molecule has 2 rings (SSSR count). The van der Waals surface area contributed by atoms with Crippen LogP contribution in [0.3, 0.4) is 0 Å². The van der Waals surface area contributed by atoms with E-state index in [4.69, 9.17) is 17.3 Å². The molecule has 1 saturated heterocycles. The minimum atomic E-state index is -0.218. The van der Waals surface area contributed by atoms with E-state index in [1.54, 1.807) is 0 Å². The van der Waals surface area contributed by atoms with Crippen LogP contribution in [0.25, 0.3) is 0 Å². The number of hydrogen-bond acceptors (Lipinski definition) is 5. The largest absolute Gasteiger partial charge is 0.369 e. The predicted molar refractivity (Wildman–Crippen MR) is 66.7 cm³/mol. The zero-order valence-electron chi connectivity index (χ0n) is 9.60. The third-order valence-corrected chi connectivity index (χ3v) is 4.26. The average Bonchev–Trinajstić information content (AvgIpc) is 2.67. The first-order valence-electron chi connectivity index (χ1n) is 5.58. The lowest BCUT2D eigenvalue weighted by Crippen LogP contribution is -2.45. The molecule has 1 amide bonds. The average molecular weight is 275 g/mol. The number of amides is 1. The molecule has 0 bridgehead atoms. The van der Waals surface area contributed by atoms with Gasteiger partial charge < -0.3 is 5.73 Å². The van der Waals surface area contributed by atoms with Gasteiger partial charge in [0.1, 0.15) is 10.0 Å². The lowest BCUT2D eigenvalue weighted by Gasteiger charge is -2.36. The molecule has 1 aliphatic heterocycles. The van der Waals surface area contributed by atoms with Gasteiger partial charge in [-0.05, 0) is 19.8 Å². The lowest BCUT2D eigenvalue weighted by atomic mass is 9.93. The van der Waals surface area contributed by atoms with E-state index in [-0.39, 0.29) is 11.8 Å². The number of aromatic nitrogens is 2. The van der Waals surface area contributed by atoms with Crippen LogP contribution in [0.1, 0.15) is 25.5 Å². The van der Waals surface area contributed by atoms with Gasteiger partial charge >= 0.3 is 0 Å². The summed E-state index contributed by atoms with van der Waals surface area (Å²) < 4.78 is 4.43. The summed E-state index contributed by atoms with van der Waals surface area (Å²) in [6.45, 7) is 3.47. The van der Waals surface area contributed by atoms with Gasteiger partial charge in [0.2, 0.25) is 5.91 Å². The van der Waals surface area contributed by atoms with Gasteiger partial charge in [-0.3, -0.25) is 9.69 Å². The summed E-state index contributed by atoms with van der Waals surface area (Å²) in [6, 6.07) is 0.420. The Morgan fingerprint density at radius 1 is 1.65 bits per heavy atom. The number of nitrogens with two attached hydrogens (primary N) is 1. The Morgan fingerprint density at radius 3 is 3.00 bits per heavy atom. The van der Waals surface area contributed by atoms with Crippen molar-refractivity contribution < 1.29 is 4.79 Å². The quantitative estimate of drug-likeness (QED) is 0.901. The van der Waals surface area contributed by atoms with Crippen LogP contribution in [-0.4, -0.2) is 33.0 Å². The molecule has 2 unspecified atom stereocenters. The molecule has 94 valence electrons. The highest BCUT2D eigenvalue weighted by Gasteiger charge is 2.29. The van der Waals surface area contributed by atoms with Gasteiger partial charge in [-0.1, -0.05) is 16.1 Å². The van der Waals surface area contributed by atoms with Gasteiger partial charge in [-0.15, -0.1) is 5.10 Å². The fourth-order valence-corrected chi connectivity index (χ4v) is 2.73. The van der Waals surface area contributed by atoms with Crippen LogP contribution in [0.4, 0.5) is 0 Å². The maximum Gasteiger partial charge on any atom is 0.221 e. The van der Waals surface area contributed by atoms with Crippen LogP contribution in [0, 0.1) is 5.92 Å². The Bertz CT molecular complexity index is 411. The number of halogens is 1. The minimum absolute atomic E-state index is 0.0587. The van der Waals surface area contributed by atoms with Gasteiger partial charge in [0.25, 0.3) is 0 Å². The summed E-state index contributed by atoms with van der Waals surface area (Å²) in [5.74, 6) is -0.277. The van der Waals surface area contributed by atoms with Crippen molar-refractivity contribution in [2.75, 3.05) is 6.54 Å². The van der Waals surface area contributed by atoms with Crippen LogP contribution in [0.2, 0.25) is 4.34 Å². The molecule has 0 radical (unpaired) electrons. The van der Waals surface area contributed by atoms with Crippen LogP contribution in [0.15, 0.2) is 0 Å². The van der Waals surface area contributed by atoms with Crippen LogP contribution in [-0.2, 0) is 11.3 Å². The Kier molecular flexibility index (Phi) is 3.96. The molecule has 1 aromatic heterocycles. The number of primary amides is 1. The van der Waals surface area contributed by atoms with Crippen molar-refractivity contribution in [3.05, 3.63) is 10.0 Å². The molecule has 0 spiro atoms. The monoisotopic (exact) mass is 274 g/mol. The molecule has 2 atom stereocenters. The number of carbonyl (C=O) groups excluding carboxylic acids is 1. The second-order valence-electron chi connectivity index (χ2n) is 4.45. The van der Waals surface area contributed by atoms with Gasteiger partial charge in [-0.25, -0.2) is 0 Å². The highest BCUT2D eigenvalue weighted by Crippen LogP contribution is 2.26. The number of piperidine rings is 1. The van der Waals surface area contributed by atoms with Crippen molar-refractivity contribution in [3.8, 4) is 0 Å². The molecular weight excluding hydrogens is 260 g/mol. The zero-order chi connectivity index (χ0) is 12.4. The van der Waals surface area contributed by atoms with E-state index in [2.05, 4.69) is 21.4 Å². The normalized spacial score (nSPS) is 26.0. The summed E-state index contributed by atoms with van der Waals surface area (Å²) in [7, 11) is 0. The van der Waals surface area contributed by atoms with Crippen molar-refractivity contribution in [2.24, 2.45) is 11.7 Å². The van der Waals surface area contributed by atoms with Gasteiger partial charge in [0, 0.05) is 30.7 Å². The first kappa shape index (κ1) is 12.7. The SMILES string of the molecule is CC1CCC(C(N)=O)CN1Cc1nnsc1Cl. The number of rotatable bonds is 3. The van der Waals surface area contributed by atoms with Gasteiger partial charge in [0.15, 0.2) is 0 Å². The van der Waals surface area contributed by atoms with E-state index in [1.165, 1.54) is 11.5 Å². The van der Waals surface area contributed by atoms with E-state index >= 15 is 0 Å². The molecule has 1 fully saturated rings. The standard InChI is InChI=1S/C10H15ClN4OS/c1-6-2-3-7(10(12)16)4-15(6)5-8-9(11)17-14-13-8/h6-7H,2-5H2,1H3,(H2,12,16). The maximum atomic E-state index is 11.2. The molecule has 17 heavy (non-hydrogen) atoms. The Hall–Kier alpha value is -0.720. The van der Waals surface area contributed by atoms with Crippen LogP contribution < -0.4 is 5.73 Å². The van der Waals surface area contributed by atoms with Crippen molar-refractivity contribution in [1.29, 1.82) is 0 Å². The van der Waals surface area contributed by atoms with Crippen LogP contribution >= 0.6 is 23.1 Å². The first-order chi connectivity index (χ1) is 8.08. The minimum Gasteiger partial charge on any atom is -0.369 e. The second-order valence-corrected chi connectivity index (χ2v) is 5.80. The number of nitrogens with zero attached hydrogens (tertiary/aromatic N) is 3. The highest BCUT2D eigenvalue weighted by molar-refractivity contribution is 7.10. The number of hydrogen-bond donors (Lipinski definition) is 1. The Labute approximate surface area is 109 Å². The first-order valence-corrected chi connectivity index (χ1v) is 6.73. The lowest BCUT2D eigenvalue weighted by molar-refractivity contribution is -0.124. The summed E-state index contributed by atoms with van der Waals surface area (Å²) in [5, 5.41) is 3.99. The molecular formula is C10H15ClN4OS. The fraction of sp³-hybridized carbons (Fsp3) is 0.700. The van der Waals surface area contributed by atoms with Gasteiger partial charge in [0.05, 0.1) is 5.92 Å². The van der Waals surface area contributed by atoms with Gasteiger partial charge in [-0.2, -0.15) is 0 Å². The Morgan fingerprint density at radius 2 is 2.41 bits per heavy atom. The predicted octanol–water partition coefficient (Wildman–Crippen LogP) is 1.28. The van der Waals surface area contributed by atoms with E-state index < -0.39 is 0 Å². The number of likely N-dealkylation sites (tertiary alicyclic amines) is 1. The topological polar surface area (TPSA) is 72.1 Å². The third-order valence-electron chi connectivity index (χ3n) is 3.28. The van der Waals surface area contributed by atoms with E-state index in [9.17, 15) is 4.79 Å². The maximum absolute atomic E-state index is 11.2. The molecule has 2 heterocycles. The Balaban J connectivity index is 2.03. The summed E-state index contributed by atoms with van der Waals surface area (Å²) >= 11 is 7.17. The smallest absolute Gasteiger partial charge is 0.221 e. The van der Waals surface area contributed by atoms with Crippen molar-refractivity contribution in [2.45, 2.75) is 32.4 Å². The third kappa shape index (κ3) is 2.94. The van der Waals surface area contributed by atoms with E-state index in [0.29, 0.717) is 23.5 Å². The molecule has 7 heteroatoms. The summed E-state index contributed by atoms with van der Waals surface area (Å²) in [5.41, 5.74) is 6.15. The molecule has 5 nitrogen and oxygen atoms in total. The summed E-state index contributed by atoms with van der Waals surface area (Å²) in [4.78, 5) is 13.4. The van der Waals surface area contributed by atoms with Crippen molar-refractivity contribution in [3.63, 3.8) is 0 Å². The second kappa shape index (κ2) is 5.29. The molecule has 0 aliphatic carbocycles. The molecule has 0 saturated carbocycles. The van der Waals surface area contributed by atoms with E-state index in [1.807, 2.05) is 0 Å². The molecule has 1 aromatic rings. The number of carbonyl (C=O) groups is 1. The fourth-order valence-electron chi connectivity index (χ4n) is 2.12. The highest BCUT2D eigenvalue weighted by atomic mass is 35.5. The van der Waals surface area contributed by atoms with Crippen molar-refractivity contribution in [1.82, 2.24) is 14.5 Å².